The Morgan fingerprint density at radius 1 is 1.24 bits per heavy atom. The third-order valence-electron chi connectivity index (χ3n) is 10.4. The number of piperazine rings is 1. The summed E-state index contributed by atoms with van der Waals surface area (Å²) >= 11 is 2.12. The molecule has 2 N–H and O–H groups in total. The van der Waals surface area contributed by atoms with Crippen molar-refractivity contribution in [2.75, 3.05) is 46.9 Å². The van der Waals surface area contributed by atoms with Gasteiger partial charge in [0, 0.05) is 48.1 Å². The Hall–Kier alpha value is -2.13. The number of nitriles is 1. The number of likely N-dealkylation sites (N-methyl/N-ethyl adjacent to an activating group) is 1. The molecule has 0 aromatic heterocycles. The van der Waals surface area contributed by atoms with Crippen LogP contribution in [0.5, 0.6) is 5.75 Å². The van der Waals surface area contributed by atoms with Crippen LogP contribution >= 0.6 is 11.8 Å². The number of amides is 1. The van der Waals surface area contributed by atoms with E-state index in [2.05, 4.69) is 70.1 Å². The normalized spacial score (nSPS) is 35.3. The smallest absolute Gasteiger partial charge is 0.246 e. The van der Waals surface area contributed by atoms with E-state index in [-0.39, 0.29) is 29.2 Å². The van der Waals surface area contributed by atoms with Crippen molar-refractivity contribution < 1.29 is 14.3 Å². The van der Waals surface area contributed by atoms with Gasteiger partial charge in [-0.05, 0) is 81.5 Å². The van der Waals surface area contributed by atoms with Crippen LogP contribution in [-0.4, -0.2) is 103 Å². The summed E-state index contributed by atoms with van der Waals surface area (Å²) < 4.78 is 12.3. The molecule has 4 heterocycles. The molecule has 1 amide bonds. The molecule has 1 saturated carbocycles. The summed E-state index contributed by atoms with van der Waals surface area (Å²) in [5, 5.41) is 17.3. The highest BCUT2D eigenvalue weighted by Gasteiger charge is 2.50. The summed E-state index contributed by atoms with van der Waals surface area (Å²) in [6.45, 7) is 7.59. The van der Waals surface area contributed by atoms with E-state index >= 15 is 0 Å². The van der Waals surface area contributed by atoms with Gasteiger partial charge in [-0.1, -0.05) is 12.6 Å². The van der Waals surface area contributed by atoms with Crippen molar-refractivity contribution in [3.63, 3.8) is 0 Å². The average molecular weight is 595 g/mol. The Labute approximate surface area is 254 Å². The lowest BCUT2D eigenvalue weighted by Crippen LogP contribution is -2.73. The number of methoxy groups -OCH3 is 1. The monoisotopic (exact) mass is 594 g/mol. The minimum atomic E-state index is -0.229. The first-order chi connectivity index (χ1) is 20.4. The molecule has 9 nitrogen and oxygen atoms in total. The predicted octanol–water partition coefficient (Wildman–Crippen LogP) is 2.92. The fourth-order valence-electron chi connectivity index (χ4n) is 8.01. The van der Waals surface area contributed by atoms with Gasteiger partial charge < -0.3 is 19.3 Å². The zero-order valence-electron chi connectivity index (χ0n) is 25.1. The highest BCUT2D eigenvalue weighted by atomic mass is 32.2. The molecule has 5 aliphatic rings. The van der Waals surface area contributed by atoms with E-state index < -0.39 is 0 Å². The van der Waals surface area contributed by atoms with Gasteiger partial charge in [0.1, 0.15) is 5.75 Å². The first kappa shape index (κ1) is 29.9. The van der Waals surface area contributed by atoms with E-state index in [0.717, 1.165) is 43.9 Å². The lowest BCUT2D eigenvalue weighted by Gasteiger charge is -2.56. The largest absolute Gasteiger partial charge is 0.497 e. The van der Waals surface area contributed by atoms with Crippen LogP contribution in [0.25, 0.3) is 0 Å². The quantitative estimate of drug-likeness (QED) is 0.463. The average Bonchev–Trinajstić information content (AvgIpc) is 3.43. The van der Waals surface area contributed by atoms with Crippen LogP contribution in [0.2, 0.25) is 0 Å². The number of rotatable bonds is 7. The van der Waals surface area contributed by atoms with Crippen LogP contribution in [0.1, 0.15) is 49.7 Å². The lowest BCUT2D eigenvalue weighted by atomic mass is 9.72. The van der Waals surface area contributed by atoms with Gasteiger partial charge in [-0.25, -0.2) is 0 Å². The van der Waals surface area contributed by atoms with Gasteiger partial charge >= 0.3 is 0 Å². The van der Waals surface area contributed by atoms with E-state index in [4.69, 9.17) is 9.47 Å². The maximum absolute atomic E-state index is 12.6. The van der Waals surface area contributed by atoms with Crippen molar-refractivity contribution in [2.45, 2.75) is 86.1 Å². The second-order valence-corrected chi connectivity index (χ2v) is 14.3. The van der Waals surface area contributed by atoms with Gasteiger partial charge in [0.25, 0.3) is 0 Å². The van der Waals surface area contributed by atoms with Crippen molar-refractivity contribution in [3.05, 3.63) is 42.0 Å². The SMILES string of the molecule is C=CC(=O)N1CCN(C2NC(OCC3CCCN3C)NC3C[C@@]4(CCC32)Cc2ccc(OC)cc2CS4)CC1CC#N. The number of benzene rings is 1. The lowest BCUT2D eigenvalue weighted by molar-refractivity contribution is -0.135. The van der Waals surface area contributed by atoms with Gasteiger partial charge in [-0.15, -0.1) is 11.8 Å². The van der Waals surface area contributed by atoms with Crippen molar-refractivity contribution >= 4 is 17.7 Å². The molecule has 1 aromatic rings. The van der Waals surface area contributed by atoms with Crippen LogP contribution in [0.15, 0.2) is 30.9 Å². The predicted molar refractivity (Wildman–Crippen MR) is 165 cm³/mol. The highest BCUT2D eigenvalue weighted by Crippen LogP contribution is 2.50. The molecule has 42 heavy (non-hydrogen) atoms. The summed E-state index contributed by atoms with van der Waals surface area (Å²) in [6.07, 6.45) is 8.51. The number of nitrogens with one attached hydrogen (secondary N) is 2. The van der Waals surface area contributed by atoms with Crippen molar-refractivity contribution in [1.82, 2.24) is 25.3 Å². The zero-order chi connectivity index (χ0) is 29.3. The van der Waals surface area contributed by atoms with Crippen LogP contribution in [0, 0.1) is 17.2 Å². The number of fused-ring (bicyclic) bond motifs is 2. The maximum Gasteiger partial charge on any atom is 0.246 e. The van der Waals surface area contributed by atoms with Crippen molar-refractivity contribution in [3.8, 4) is 11.8 Å². The highest BCUT2D eigenvalue weighted by molar-refractivity contribution is 8.00. The molecule has 228 valence electrons. The Balaban J connectivity index is 1.20. The Bertz CT molecular complexity index is 1190. The van der Waals surface area contributed by atoms with Crippen LogP contribution in [0.3, 0.4) is 0 Å². The summed E-state index contributed by atoms with van der Waals surface area (Å²) in [5.74, 6) is 2.30. The maximum atomic E-state index is 12.6. The van der Waals surface area contributed by atoms with E-state index in [9.17, 15) is 10.1 Å². The number of nitrogens with zero attached hydrogens (tertiary/aromatic N) is 4. The van der Waals surface area contributed by atoms with E-state index in [1.54, 1.807) is 7.11 Å². The van der Waals surface area contributed by atoms with Crippen LogP contribution in [-0.2, 0) is 21.7 Å². The van der Waals surface area contributed by atoms with Gasteiger partial charge in [0.15, 0.2) is 6.35 Å². The van der Waals surface area contributed by atoms with Crippen molar-refractivity contribution in [1.29, 1.82) is 5.26 Å². The van der Waals surface area contributed by atoms with Crippen molar-refractivity contribution in [2.24, 2.45) is 5.92 Å². The molecule has 0 radical (unpaired) electrons. The van der Waals surface area contributed by atoms with Crippen LogP contribution in [0.4, 0.5) is 0 Å². The number of likely N-dealkylation sites (tertiary alicyclic amines) is 1. The van der Waals surface area contributed by atoms with Gasteiger partial charge in [0.2, 0.25) is 5.91 Å². The molecular formula is C32H46N6O3S. The number of hydrogen-bond acceptors (Lipinski definition) is 9. The topological polar surface area (TPSA) is 93.1 Å². The minimum Gasteiger partial charge on any atom is -0.497 e. The first-order valence-corrected chi connectivity index (χ1v) is 16.6. The molecule has 1 aromatic carbocycles. The number of ether oxygens (including phenoxy) is 2. The molecule has 10 heteroatoms. The summed E-state index contributed by atoms with van der Waals surface area (Å²) in [7, 11) is 3.93. The molecule has 0 bridgehead atoms. The number of carbonyl (C=O) groups excluding carboxylic acids is 1. The first-order valence-electron chi connectivity index (χ1n) is 15.6. The van der Waals surface area contributed by atoms with Gasteiger partial charge in [-0.2, -0.15) is 5.26 Å². The van der Waals surface area contributed by atoms with E-state index in [0.29, 0.717) is 44.1 Å². The molecule has 4 fully saturated rings. The Morgan fingerprint density at radius 3 is 2.88 bits per heavy atom. The summed E-state index contributed by atoms with van der Waals surface area (Å²) in [5.41, 5.74) is 2.86. The van der Waals surface area contributed by atoms with Gasteiger partial charge in [-0.3, -0.25) is 20.3 Å². The molecule has 4 aliphatic heterocycles. The minimum absolute atomic E-state index is 0.0835. The second kappa shape index (κ2) is 12.8. The summed E-state index contributed by atoms with van der Waals surface area (Å²) in [6, 6.07) is 9.54. The molecule has 6 rings (SSSR count). The van der Waals surface area contributed by atoms with E-state index in [1.807, 2.05) is 4.90 Å². The standard InChI is InChI=1S/C32H46N6O3S/c1-4-29(39)38-15-14-37(19-24(38)10-12-33)30-27-9-11-32(17-22-7-8-26(40-3)16-23(22)21-42-32)18-28(27)34-31(35-30)41-20-25-6-5-13-36(25)2/h4,7-8,16,24-25,27-28,30-31,34-35H,1,5-6,9-11,13-15,17-21H2,2-3H3/t24?,25?,27?,28?,30?,31?,32-/m1/s1. The third kappa shape index (κ3) is 6.10. The fraction of sp³-hybridized carbons (Fsp3) is 0.688. The summed E-state index contributed by atoms with van der Waals surface area (Å²) in [4.78, 5) is 19.3. The van der Waals surface area contributed by atoms with Crippen LogP contribution < -0.4 is 15.4 Å². The van der Waals surface area contributed by atoms with Gasteiger partial charge in [0.05, 0.1) is 38.4 Å². The fourth-order valence-corrected chi connectivity index (χ4v) is 9.56. The number of carbonyl (C=O) groups is 1. The third-order valence-corrected chi connectivity index (χ3v) is 12.0. The second-order valence-electron chi connectivity index (χ2n) is 12.8. The molecule has 1 spiro atoms. The zero-order valence-corrected chi connectivity index (χ0v) is 25.9. The van der Waals surface area contributed by atoms with E-state index in [1.165, 1.54) is 36.5 Å². The molecule has 1 aliphatic carbocycles. The number of thioether (sulfide) groups is 1. The molecule has 7 atom stereocenters. The molecule has 3 saturated heterocycles. The molecule has 6 unspecified atom stereocenters. The Morgan fingerprint density at radius 2 is 2.12 bits per heavy atom. The Kier molecular flexibility index (Phi) is 9.15. The molecular weight excluding hydrogens is 548 g/mol. The number of hydrogen-bond donors (Lipinski definition) is 2.